The summed E-state index contributed by atoms with van der Waals surface area (Å²) in [7, 11) is 0. The SMILES string of the molecule is C[C@@H]1CCC[C@H](C)N1CCCCCn1c(=O)c(-c2ccc(N)nc2)nc2ccccc21. The number of anilines is 1. The summed E-state index contributed by atoms with van der Waals surface area (Å²) in [6.45, 7) is 6.55. The zero-order valence-electron chi connectivity index (χ0n) is 18.6. The minimum Gasteiger partial charge on any atom is -0.384 e. The van der Waals surface area contributed by atoms with Gasteiger partial charge in [0.1, 0.15) is 11.5 Å². The van der Waals surface area contributed by atoms with Crippen molar-refractivity contribution in [1.82, 2.24) is 19.4 Å². The number of pyridine rings is 1. The number of aryl methyl sites for hydroxylation is 1. The molecule has 4 rings (SSSR count). The van der Waals surface area contributed by atoms with E-state index in [1.165, 1.54) is 25.7 Å². The van der Waals surface area contributed by atoms with Crippen LogP contribution < -0.4 is 11.3 Å². The average molecular weight is 420 g/mol. The van der Waals surface area contributed by atoms with Crippen LogP contribution in [0.4, 0.5) is 5.82 Å². The summed E-state index contributed by atoms with van der Waals surface area (Å²) in [5.74, 6) is 0.433. The van der Waals surface area contributed by atoms with Crippen molar-refractivity contribution in [1.29, 1.82) is 0 Å². The third kappa shape index (κ3) is 4.79. The van der Waals surface area contributed by atoms with Gasteiger partial charge in [-0.25, -0.2) is 9.97 Å². The Morgan fingerprint density at radius 3 is 2.48 bits per heavy atom. The van der Waals surface area contributed by atoms with Gasteiger partial charge < -0.3 is 10.3 Å². The number of hydrogen-bond acceptors (Lipinski definition) is 5. The highest BCUT2D eigenvalue weighted by atomic mass is 16.1. The fraction of sp³-hybridized carbons (Fsp3) is 0.480. The van der Waals surface area contributed by atoms with E-state index < -0.39 is 0 Å². The van der Waals surface area contributed by atoms with Crippen LogP contribution in [0.5, 0.6) is 0 Å². The van der Waals surface area contributed by atoms with Gasteiger partial charge in [0.25, 0.3) is 5.56 Å². The maximum absolute atomic E-state index is 13.3. The summed E-state index contributed by atoms with van der Waals surface area (Å²) in [5.41, 5.74) is 8.49. The third-order valence-corrected chi connectivity index (χ3v) is 6.59. The molecule has 1 fully saturated rings. The number of fused-ring (bicyclic) bond motifs is 1. The Kier molecular flexibility index (Phi) is 6.66. The van der Waals surface area contributed by atoms with Gasteiger partial charge in [-0.15, -0.1) is 0 Å². The lowest BCUT2D eigenvalue weighted by atomic mass is 9.97. The van der Waals surface area contributed by atoms with Crippen LogP contribution in [-0.4, -0.2) is 38.1 Å². The summed E-state index contributed by atoms with van der Waals surface area (Å²) >= 11 is 0. The van der Waals surface area contributed by atoms with Gasteiger partial charge in [0.05, 0.1) is 11.0 Å². The van der Waals surface area contributed by atoms with Crippen LogP contribution in [0.2, 0.25) is 0 Å². The first kappa shape index (κ1) is 21.5. The molecule has 0 saturated carbocycles. The van der Waals surface area contributed by atoms with Crippen LogP contribution in [0.15, 0.2) is 47.4 Å². The molecule has 6 heteroatoms. The molecule has 2 N–H and O–H groups in total. The highest BCUT2D eigenvalue weighted by Gasteiger charge is 2.23. The Balaban J connectivity index is 1.48. The molecule has 0 radical (unpaired) electrons. The molecule has 1 aliphatic rings. The van der Waals surface area contributed by atoms with Crippen molar-refractivity contribution in [3.8, 4) is 11.3 Å². The lowest BCUT2D eigenvalue weighted by molar-refractivity contribution is 0.101. The van der Waals surface area contributed by atoms with Gasteiger partial charge >= 0.3 is 0 Å². The Morgan fingerprint density at radius 1 is 1.00 bits per heavy atom. The normalized spacial score (nSPS) is 19.7. The van der Waals surface area contributed by atoms with E-state index in [4.69, 9.17) is 5.73 Å². The number of benzene rings is 1. The number of unbranched alkanes of at least 4 members (excludes halogenated alkanes) is 2. The Labute approximate surface area is 184 Å². The minimum absolute atomic E-state index is 0.0662. The molecule has 2 atom stereocenters. The molecule has 0 spiro atoms. The van der Waals surface area contributed by atoms with E-state index in [0.717, 1.165) is 30.4 Å². The van der Waals surface area contributed by atoms with Crippen molar-refractivity contribution in [3.63, 3.8) is 0 Å². The number of likely N-dealkylation sites (tertiary alicyclic amines) is 1. The molecule has 2 aromatic heterocycles. The van der Waals surface area contributed by atoms with Gasteiger partial charge in [-0.05, 0) is 70.3 Å². The molecule has 0 unspecified atom stereocenters. The second kappa shape index (κ2) is 9.60. The van der Waals surface area contributed by atoms with Crippen molar-refractivity contribution >= 4 is 16.9 Å². The van der Waals surface area contributed by atoms with Crippen LogP contribution in [0.3, 0.4) is 0 Å². The number of nitrogens with two attached hydrogens (primary N) is 1. The lowest BCUT2D eigenvalue weighted by Crippen LogP contribution is -2.44. The van der Waals surface area contributed by atoms with Crippen molar-refractivity contribution in [2.75, 3.05) is 12.3 Å². The van der Waals surface area contributed by atoms with Crippen molar-refractivity contribution < 1.29 is 0 Å². The van der Waals surface area contributed by atoms with Crippen molar-refractivity contribution in [3.05, 3.63) is 52.9 Å². The summed E-state index contributed by atoms with van der Waals surface area (Å²) in [6, 6.07) is 12.7. The fourth-order valence-electron chi connectivity index (χ4n) is 4.80. The maximum Gasteiger partial charge on any atom is 0.277 e. The van der Waals surface area contributed by atoms with E-state index in [-0.39, 0.29) is 5.56 Å². The number of nitrogens with zero attached hydrogens (tertiary/aromatic N) is 4. The predicted octanol–water partition coefficient (Wildman–Crippen LogP) is 4.47. The number of nitrogen functional groups attached to an aromatic ring is 1. The van der Waals surface area contributed by atoms with Crippen molar-refractivity contribution in [2.24, 2.45) is 0 Å². The zero-order chi connectivity index (χ0) is 21.8. The second-order valence-electron chi connectivity index (χ2n) is 8.81. The smallest absolute Gasteiger partial charge is 0.277 e. The molecule has 1 aromatic carbocycles. The number of rotatable bonds is 7. The molecule has 0 amide bonds. The standard InChI is InChI=1S/C25H33N5O/c1-18-9-8-10-19(2)29(18)15-6-3-7-16-30-22-12-5-4-11-21(22)28-24(25(30)31)20-13-14-23(26)27-17-20/h4-5,11-14,17-19H,3,6-10,15-16H2,1-2H3,(H2,26,27)/t18-,19+. The van der Waals surface area contributed by atoms with Gasteiger partial charge in [0, 0.05) is 30.4 Å². The lowest BCUT2D eigenvalue weighted by Gasteiger charge is -2.39. The first-order valence-electron chi connectivity index (χ1n) is 11.5. The summed E-state index contributed by atoms with van der Waals surface area (Å²) in [4.78, 5) is 24.7. The molecule has 0 bridgehead atoms. The first-order valence-corrected chi connectivity index (χ1v) is 11.5. The fourth-order valence-corrected chi connectivity index (χ4v) is 4.80. The highest BCUT2D eigenvalue weighted by Crippen LogP contribution is 2.23. The largest absolute Gasteiger partial charge is 0.384 e. The van der Waals surface area contributed by atoms with Crippen LogP contribution in [0, 0.1) is 0 Å². The Hall–Kier alpha value is -2.73. The van der Waals surface area contributed by atoms with Crippen LogP contribution in [0.25, 0.3) is 22.3 Å². The quantitative estimate of drug-likeness (QED) is 0.572. The third-order valence-electron chi connectivity index (χ3n) is 6.59. The van der Waals surface area contributed by atoms with Crippen LogP contribution >= 0.6 is 0 Å². The zero-order valence-corrected chi connectivity index (χ0v) is 18.6. The Morgan fingerprint density at radius 2 is 1.74 bits per heavy atom. The van der Waals surface area contributed by atoms with Crippen molar-refractivity contribution in [2.45, 2.75) is 71.0 Å². The number of hydrogen-bond donors (Lipinski definition) is 1. The van der Waals surface area contributed by atoms with Gasteiger partial charge in [0.15, 0.2) is 0 Å². The number of piperidine rings is 1. The molecular weight excluding hydrogens is 386 g/mol. The van der Waals surface area contributed by atoms with E-state index in [9.17, 15) is 4.79 Å². The van der Waals surface area contributed by atoms with Crippen LogP contribution in [-0.2, 0) is 6.54 Å². The van der Waals surface area contributed by atoms with Crippen LogP contribution in [0.1, 0.15) is 52.4 Å². The van der Waals surface area contributed by atoms with E-state index in [1.54, 1.807) is 12.3 Å². The number of aromatic nitrogens is 3. The summed E-state index contributed by atoms with van der Waals surface area (Å²) in [5, 5.41) is 0. The second-order valence-corrected chi connectivity index (χ2v) is 8.81. The molecule has 3 heterocycles. The highest BCUT2D eigenvalue weighted by molar-refractivity contribution is 5.77. The molecular formula is C25H33N5O. The van der Waals surface area contributed by atoms with Gasteiger partial charge in [0.2, 0.25) is 0 Å². The molecule has 31 heavy (non-hydrogen) atoms. The maximum atomic E-state index is 13.3. The Bertz CT molecular complexity index is 1070. The summed E-state index contributed by atoms with van der Waals surface area (Å²) in [6.07, 6.45) is 8.85. The first-order chi connectivity index (χ1) is 15.0. The molecule has 1 aliphatic heterocycles. The molecule has 0 aliphatic carbocycles. The molecule has 1 saturated heterocycles. The molecule has 6 nitrogen and oxygen atoms in total. The molecule has 164 valence electrons. The topological polar surface area (TPSA) is 77.0 Å². The van der Waals surface area contributed by atoms with Gasteiger partial charge in [-0.3, -0.25) is 9.69 Å². The van der Waals surface area contributed by atoms with Gasteiger partial charge in [-0.2, -0.15) is 0 Å². The molecule has 3 aromatic rings. The average Bonchev–Trinajstić information content (AvgIpc) is 2.77. The van der Waals surface area contributed by atoms with E-state index in [2.05, 4.69) is 28.7 Å². The van der Waals surface area contributed by atoms with E-state index >= 15 is 0 Å². The minimum atomic E-state index is -0.0662. The monoisotopic (exact) mass is 419 g/mol. The summed E-state index contributed by atoms with van der Waals surface area (Å²) < 4.78 is 1.88. The number of para-hydroxylation sites is 2. The van der Waals surface area contributed by atoms with E-state index in [1.807, 2.05) is 34.9 Å². The van der Waals surface area contributed by atoms with Gasteiger partial charge in [-0.1, -0.05) is 25.0 Å². The van der Waals surface area contributed by atoms with E-state index in [0.29, 0.717) is 35.7 Å². The predicted molar refractivity (Wildman–Crippen MR) is 127 cm³/mol.